The van der Waals surface area contributed by atoms with E-state index in [4.69, 9.17) is 9.47 Å². The molecule has 0 saturated heterocycles. The Morgan fingerprint density at radius 1 is 1.11 bits per heavy atom. The van der Waals surface area contributed by atoms with Gasteiger partial charge in [-0.3, -0.25) is 23.4 Å². The van der Waals surface area contributed by atoms with Gasteiger partial charge in [-0.1, -0.05) is 30.3 Å². The molecule has 0 aliphatic carbocycles. The molecule has 1 aliphatic heterocycles. The second-order valence-electron chi connectivity index (χ2n) is 8.75. The molecule has 202 valence electrons. The zero-order valence-corrected chi connectivity index (χ0v) is 22.0. The maximum Gasteiger partial charge on any atom is 0.338 e. The summed E-state index contributed by atoms with van der Waals surface area (Å²) < 4.78 is 14.4. The van der Waals surface area contributed by atoms with Crippen LogP contribution in [0.5, 0.6) is 0 Å². The lowest BCUT2D eigenvalue weighted by atomic mass is 9.94. The third kappa shape index (κ3) is 4.67. The third-order valence-electron chi connectivity index (χ3n) is 6.45. The summed E-state index contributed by atoms with van der Waals surface area (Å²) in [4.78, 5) is 58.1. The van der Waals surface area contributed by atoms with Crippen LogP contribution >= 0.6 is 0 Å². The minimum Gasteiger partial charge on any atom is -0.463 e. The van der Waals surface area contributed by atoms with Gasteiger partial charge in [-0.25, -0.2) is 14.4 Å². The average molecular weight is 526 g/mol. The molecular weight excluding hydrogens is 494 g/mol. The van der Waals surface area contributed by atoms with Gasteiger partial charge in [0.05, 0.1) is 37.1 Å². The maximum atomic E-state index is 13.3. The summed E-state index contributed by atoms with van der Waals surface area (Å²) in [6.45, 7) is 2.47. The van der Waals surface area contributed by atoms with Crippen LogP contribution in [0.4, 0.5) is 10.7 Å². The smallest absolute Gasteiger partial charge is 0.338 e. The normalized spacial score (nSPS) is 15.7. The van der Waals surface area contributed by atoms with Crippen molar-refractivity contribution in [1.29, 1.82) is 0 Å². The number of carbonyl (C=O) groups is 2. The Morgan fingerprint density at radius 2 is 1.82 bits per heavy atom. The predicted octanol–water partition coefficient (Wildman–Crippen LogP) is 0.706. The molecule has 0 spiro atoms. The number of imidazole rings is 1. The fourth-order valence-electron chi connectivity index (χ4n) is 4.44. The van der Waals surface area contributed by atoms with Crippen LogP contribution in [0.25, 0.3) is 11.2 Å². The van der Waals surface area contributed by atoms with E-state index in [1.165, 1.54) is 30.6 Å². The summed E-state index contributed by atoms with van der Waals surface area (Å²) in [7, 11) is 6.00. The molecule has 0 bridgehead atoms. The molecule has 13 heteroatoms. The van der Waals surface area contributed by atoms with Crippen LogP contribution < -0.4 is 21.9 Å². The highest BCUT2D eigenvalue weighted by Gasteiger charge is 2.37. The number of aryl methyl sites for hydroxylation is 1. The van der Waals surface area contributed by atoms with Gasteiger partial charge in [0, 0.05) is 34.8 Å². The summed E-state index contributed by atoms with van der Waals surface area (Å²) in [6.07, 6.45) is 0. The van der Waals surface area contributed by atoms with Crippen LogP contribution in [-0.2, 0) is 34.9 Å². The topological polar surface area (TPSA) is 142 Å². The number of methoxy groups -OCH3 is 1. The van der Waals surface area contributed by atoms with Crippen molar-refractivity contribution in [3.63, 3.8) is 0 Å². The highest BCUT2D eigenvalue weighted by atomic mass is 16.5. The van der Waals surface area contributed by atoms with E-state index in [-0.39, 0.29) is 35.8 Å². The van der Waals surface area contributed by atoms with Crippen molar-refractivity contribution in [3.05, 3.63) is 68.0 Å². The lowest BCUT2D eigenvalue weighted by molar-refractivity contribution is -0.139. The molecule has 0 fully saturated rings. The van der Waals surface area contributed by atoms with Crippen molar-refractivity contribution in [3.8, 4) is 0 Å². The highest BCUT2D eigenvalue weighted by molar-refractivity contribution is 5.95. The number of amides is 2. The number of hydrogen-bond donors (Lipinski definition) is 2. The number of aromatic nitrogens is 4. The number of nitrogens with one attached hydrogen (secondary N) is 2. The maximum absolute atomic E-state index is 13.3. The molecule has 4 rings (SSSR count). The van der Waals surface area contributed by atoms with Gasteiger partial charge in [0.15, 0.2) is 11.2 Å². The summed E-state index contributed by atoms with van der Waals surface area (Å²) in [5.41, 5.74) is 0.468. The Hall–Kier alpha value is -4.39. The number of urea groups is 1. The molecule has 1 aliphatic rings. The molecule has 0 radical (unpaired) electrons. The highest BCUT2D eigenvalue weighted by Crippen LogP contribution is 2.32. The predicted molar refractivity (Wildman–Crippen MR) is 140 cm³/mol. The van der Waals surface area contributed by atoms with E-state index in [0.717, 1.165) is 4.57 Å². The molecule has 1 aromatic carbocycles. The van der Waals surface area contributed by atoms with Crippen molar-refractivity contribution in [2.75, 3.05) is 39.2 Å². The minimum absolute atomic E-state index is 0.0827. The van der Waals surface area contributed by atoms with Crippen LogP contribution in [0.1, 0.15) is 18.5 Å². The number of hydrogen-bond acceptors (Lipinski definition) is 8. The molecule has 13 nitrogen and oxygen atoms in total. The van der Waals surface area contributed by atoms with Crippen molar-refractivity contribution < 1.29 is 19.1 Å². The molecule has 2 amide bonds. The van der Waals surface area contributed by atoms with E-state index < -0.39 is 29.3 Å². The van der Waals surface area contributed by atoms with Gasteiger partial charge in [0.2, 0.25) is 5.95 Å². The quantitative estimate of drug-likeness (QED) is 0.307. The number of carbonyl (C=O) groups excluding carboxylic acids is 2. The molecule has 0 saturated carbocycles. The third-order valence-corrected chi connectivity index (χ3v) is 6.45. The second-order valence-corrected chi connectivity index (χ2v) is 8.75. The van der Waals surface area contributed by atoms with Crippen LogP contribution in [0.2, 0.25) is 0 Å². The van der Waals surface area contributed by atoms with Crippen LogP contribution in [0.3, 0.4) is 0 Å². The fourth-order valence-corrected chi connectivity index (χ4v) is 4.44. The van der Waals surface area contributed by atoms with Crippen molar-refractivity contribution in [2.24, 2.45) is 14.1 Å². The SMILES string of the molecule is CCOC(=O)C1=C(Cn2c(NCCOC)nc3c2c(=O)n(C)c(=O)n3C)N(C)C(=O)NC1c1ccccc1. The lowest BCUT2D eigenvalue weighted by Crippen LogP contribution is -2.48. The fraction of sp³-hybridized carbons (Fsp3) is 0.400. The Balaban J connectivity index is 1.98. The lowest BCUT2D eigenvalue weighted by Gasteiger charge is -2.35. The first-order valence-electron chi connectivity index (χ1n) is 12.1. The first-order chi connectivity index (χ1) is 18.2. The first-order valence-corrected chi connectivity index (χ1v) is 12.1. The standard InChI is InChI=1S/C25H31N7O6/c1-6-38-22(34)17-16(29(2)24(35)27-18(17)15-10-8-7-9-11-15)14-32-19-20(28-23(32)26-12-13-37-5)30(3)25(36)31(4)21(19)33/h7-11,18H,6,12-14H2,1-5H3,(H,26,28)(H,27,35). The Kier molecular flexibility index (Phi) is 7.67. The Labute approximate surface area is 218 Å². The number of anilines is 1. The molecule has 1 atom stereocenters. The van der Waals surface area contributed by atoms with Gasteiger partial charge in [-0.15, -0.1) is 0 Å². The number of ether oxygens (including phenoxy) is 2. The van der Waals surface area contributed by atoms with E-state index in [9.17, 15) is 19.2 Å². The number of likely N-dealkylation sites (N-methyl/N-ethyl adjacent to an activating group) is 1. The molecule has 2 aromatic heterocycles. The molecule has 38 heavy (non-hydrogen) atoms. The molecule has 3 heterocycles. The number of nitrogens with zero attached hydrogens (tertiary/aromatic N) is 5. The molecular formula is C25H31N7O6. The van der Waals surface area contributed by atoms with Gasteiger partial charge in [0.1, 0.15) is 0 Å². The average Bonchev–Trinajstić information content (AvgIpc) is 3.27. The zero-order valence-electron chi connectivity index (χ0n) is 22.0. The Bertz CT molecular complexity index is 1520. The van der Waals surface area contributed by atoms with E-state index in [2.05, 4.69) is 15.6 Å². The van der Waals surface area contributed by atoms with E-state index in [1.807, 2.05) is 30.3 Å². The number of benzene rings is 1. The molecule has 1 unspecified atom stereocenters. The summed E-state index contributed by atoms with van der Waals surface area (Å²) >= 11 is 0. The largest absolute Gasteiger partial charge is 0.463 e. The monoisotopic (exact) mass is 525 g/mol. The summed E-state index contributed by atoms with van der Waals surface area (Å²) in [5.74, 6) is -0.316. The first kappa shape index (κ1) is 26.7. The van der Waals surface area contributed by atoms with Crippen molar-refractivity contribution in [2.45, 2.75) is 19.5 Å². The van der Waals surface area contributed by atoms with Gasteiger partial charge >= 0.3 is 17.7 Å². The summed E-state index contributed by atoms with van der Waals surface area (Å²) in [5, 5.41) is 6.00. The molecule has 3 aromatic rings. The van der Waals surface area contributed by atoms with Gasteiger partial charge in [-0.2, -0.15) is 4.98 Å². The van der Waals surface area contributed by atoms with Gasteiger partial charge in [-0.05, 0) is 12.5 Å². The van der Waals surface area contributed by atoms with Crippen LogP contribution in [0.15, 0.2) is 51.2 Å². The van der Waals surface area contributed by atoms with Gasteiger partial charge in [0.25, 0.3) is 5.56 Å². The van der Waals surface area contributed by atoms with Crippen molar-refractivity contribution in [1.82, 2.24) is 28.9 Å². The second kappa shape index (κ2) is 10.9. The minimum atomic E-state index is -0.777. The zero-order chi connectivity index (χ0) is 27.6. The van der Waals surface area contributed by atoms with Crippen LogP contribution in [-0.4, -0.2) is 69.5 Å². The number of allylic oxidation sites excluding steroid dienone is 1. The molecule has 2 N–H and O–H groups in total. The van der Waals surface area contributed by atoms with Crippen molar-refractivity contribution >= 4 is 29.1 Å². The van der Waals surface area contributed by atoms with E-state index in [1.54, 1.807) is 18.6 Å². The number of fused-ring (bicyclic) bond motifs is 1. The van der Waals surface area contributed by atoms with Gasteiger partial charge < -0.3 is 20.1 Å². The van der Waals surface area contributed by atoms with Crippen LogP contribution in [0, 0.1) is 0 Å². The van der Waals surface area contributed by atoms with E-state index in [0.29, 0.717) is 24.4 Å². The summed E-state index contributed by atoms with van der Waals surface area (Å²) in [6, 6.07) is 7.87. The van der Waals surface area contributed by atoms with E-state index >= 15 is 0 Å². The Morgan fingerprint density at radius 3 is 2.47 bits per heavy atom. The number of esters is 1. The number of rotatable bonds is 9.